The van der Waals surface area contributed by atoms with Gasteiger partial charge in [-0.2, -0.15) is 5.26 Å². The zero-order valence-corrected chi connectivity index (χ0v) is 11.2. The molecule has 0 N–H and O–H groups in total. The summed E-state index contributed by atoms with van der Waals surface area (Å²) in [5.74, 6) is 0. The third kappa shape index (κ3) is 11.4. The van der Waals surface area contributed by atoms with Crippen LogP contribution in [0.1, 0.15) is 71.1 Å². The van der Waals surface area contributed by atoms with Crippen molar-refractivity contribution in [3.05, 3.63) is 0 Å². The van der Waals surface area contributed by atoms with E-state index in [1.807, 2.05) is 7.05 Å². The Morgan fingerprint density at radius 3 is 1.69 bits per heavy atom. The van der Waals surface area contributed by atoms with E-state index < -0.39 is 0 Å². The second-order valence-electron chi connectivity index (χ2n) is 4.70. The van der Waals surface area contributed by atoms with Gasteiger partial charge in [-0.05, 0) is 6.42 Å². The van der Waals surface area contributed by atoms with E-state index in [2.05, 4.69) is 13.1 Å². The lowest BCUT2D eigenvalue weighted by molar-refractivity contribution is 0.442. The van der Waals surface area contributed by atoms with E-state index in [9.17, 15) is 0 Å². The molecule has 0 radical (unpaired) electrons. The SMILES string of the molecule is CCCCCCCCCCCCN(C)C#N. The van der Waals surface area contributed by atoms with Gasteiger partial charge >= 0.3 is 0 Å². The first-order chi connectivity index (χ1) is 7.81. The normalized spacial score (nSPS) is 10.1. The van der Waals surface area contributed by atoms with E-state index in [-0.39, 0.29) is 0 Å². The summed E-state index contributed by atoms with van der Waals surface area (Å²) in [6.45, 7) is 3.19. The van der Waals surface area contributed by atoms with Crippen LogP contribution in [0.3, 0.4) is 0 Å². The monoisotopic (exact) mass is 224 g/mol. The van der Waals surface area contributed by atoms with Crippen molar-refractivity contribution in [2.24, 2.45) is 0 Å². The van der Waals surface area contributed by atoms with Crippen LogP contribution < -0.4 is 0 Å². The lowest BCUT2D eigenvalue weighted by atomic mass is 10.1. The molecule has 0 spiro atoms. The molecule has 0 aromatic heterocycles. The third-order valence-electron chi connectivity index (χ3n) is 3.02. The van der Waals surface area contributed by atoms with Gasteiger partial charge in [0.15, 0.2) is 6.19 Å². The van der Waals surface area contributed by atoms with Gasteiger partial charge in [0.05, 0.1) is 0 Å². The molecule has 0 aliphatic carbocycles. The fourth-order valence-electron chi connectivity index (χ4n) is 1.89. The standard InChI is InChI=1S/C14H28N2/c1-3-4-5-6-7-8-9-10-11-12-13-16(2)14-15/h3-13H2,1-2H3. The van der Waals surface area contributed by atoms with Gasteiger partial charge in [0.2, 0.25) is 0 Å². The van der Waals surface area contributed by atoms with Crippen LogP contribution in [-0.4, -0.2) is 18.5 Å². The van der Waals surface area contributed by atoms with Gasteiger partial charge in [0.1, 0.15) is 0 Å². The summed E-state index contributed by atoms with van der Waals surface area (Å²) in [4.78, 5) is 1.71. The second kappa shape index (κ2) is 12.4. The molecular weight excluding hydrogens is 196 g/mol. The molecule has 0 unspecified atom stereocenters. The second-order valence-corrected chi connectivity index (χ2v) is 4.70. The van der Waals surface area contributed by atoms with Crippen molar-refractivity contribution in [1.29, 1.82) is 5.26 Å². The molecule has 0 bridgehead atoms. The molecule has 0 aliphatic rings. The Morgan fingerprint density at radius 1 is 0.812 bits per heavy atom. The summed E-state index contributed by atoms with van der Waals surface area (Å²) < 4.78 is 0. The minimum atomic E-state index is 0.924. The van der Waals surface area contributed by atoms with Crippen molar-refractivity contribution in [3.8, 4) is 6.19 Å². The lowest BCUT2D eigenvalue weighted by Crippen LogP contribution is -2.11. The Bertz CT molecular complexity index is 172. The molecule has 2 heteroatoms. The number of hydrogen-bond donors (Lipinski definition) is 0. The van der Waals surface area contributed by atoms with Crippen molar-refractivity contribution in [2.75, 3.05) is 13.6 Å². The van der Waals surface area contributed by atoms with Crippen LogP contribution >= 0.6 is 0 Å². The minimum Gasteiger partial charge on any atom is -0.314 e. The highest BCUT2D eigenvalue weighted by molar-refractivity contribution is 4.67. The fourth-order valence-corrected chi connectivity index (χ4v) is 1.89. The van der Waals surface area contributed by atoms with Crippen LogP contribution in [0.25, 0.3) is 0 Å². The van der Waals surface area contributed by atoms with Gasteiger partial charge in [-0.25, -0.2) is 0 Å². The van der Waals surface area contributed by atoms with E-state index in [0.717, 1.165) is 6.54 Å². The average Bonchev–Trinajstić information content (AvgIpc) is 2.31. The van der Waals surface area contributed by atoms with Crippen molar-refractivity contribution in [3.63, 3.8) is 0 Å². The molecule has 0 aromatic carbocycles. The van der Waals surface area contributed by atoms with Gasteiger partial charge in [0.25, 0.3) is 0 Å². The Balaban J connectivity index is 2.96. The number of rotatable bonds is 11. The van der Waals surface area contributed by atoms with E-state index in [4.69, 9.17) is 5.26 Å². The quantitative estimate of drug-likeness (QED) is 0.297. The maximum absolute atomic E-state index is 8.55. The van der Waals surface area contributed by atoms with Crippen LogP contribution in [-0.2, 0) is 0 Å². The molecule has 0 saturated heterocycles. The summed E-state index contributed by atoms with van der Waals surface area (Å²) in [6, 6.07) is 0. The molecular formula is C14H28N2. The molecule has 0 amide bonds. The van der Waals surface area contributed by atoms with Gasteiger partial charge in [-0.15, -0.1) is 0 Å². The zero-order valence-electron chi connectivity index (χ0n) is 11.2. The molecule has 0 atom stereocenters. The van der Waals surface area contributed by atoms with Crippen LogP contribution in [0.2, 0.25) is 0 Å². The van der Waals surface area contributed by atoms with E-state index >= 15 is 0 Å². The van der Waals surface area contributed by atoms with Crippen molar-refractivity contribution < 1.29 is 0 Å². The summed E-state index contributed by atoms with van der Waals surface area (Å²) in [5.41, 5.74) is 0. The topological polar surface area (TPSA) is 27.0 Å². The molecule has 2 nitrogen and oxygen atoms in total. The molecule has 94 valence electrons. The molecule has 0 aliphatic heterocycles. The molecule has 16 heavy (non-hydrogen) atoms. The largest absolute Gasteiger partial charge is 0.314 e. The van der Waals surface area contributed by atoms with Crippen LogP contribution in [0.4, 0.5) is 0 Å². The predicted molar refractivity (Wildman–Crippen MR) is 70.1 cm³/mol. The summed E-state index contributed by atoms with van der Waals surface area (Å²) in [5, 5.41) is 8.55. The van der Waals surface area contributed by atoms with Gasteiger partial charge in [-0.3, -0.25) is 0 Å². The summed E-state index contributed by atoms with van der Waals surface area (Å²) in [6.07, 6.45) is 15.7. The van der Waals surface area contributed by atoms with Crippen LogP contribution in [0.15, 0.2) is 0 Å². The van der Waals surface area contributed by atoms with Crippen LogP contribution in [0.5, 0.6) is 0 Å². The minimum absolute atomic E-state index is 0.924. The van der Waals surface area contributed by atoms with Crippen LogP contribution in [0, 0.1) is 11.5 Å². The van der Waals surface area contributed by atoms with E-state index in [0.29, 0.717) is 0 Å². The maximum atomic E-state index is 8.55. The molecule has 0 rings (SSSR count). The maximum Gasteiger partial charge on any atom is 0.179 e. The van der Waals surface area contributed by atoms with E-state index in [1.165, 1.54) is 64.2 Å². The van der Waals surface area contributed by atoms with E-state index in [1.54, 1.807) is 4.90 Å². The molecule has 0 saturated carbocycles. The first-order valence-electron chi connectivity index (χ1n) is 6.92. The Hall–Kier alpha value is -0.710. The highest BCUT2D eigenvalue weighted by atomic mass is 15.1. The van der Waals surface area contributed by atoms with Crippen molar-refractivity contribution >= 4 is 0 Å². The summed E-state index contributed by atoms with van der Waals surface area (Å²) >= 11 is 0. The van der Waals surface area contributed by atoms with Crippen molar-refractivity contribution in [2.45, 2.75) is 71.1 Å². The van der Waals surface area contributed by atoms with Gasteiger partial charge < -0.3 is 4.90 Å². The average molecular weight is 224 g/mol. The smallest absolute Gasteiger partial charge is 0.179 e. The van der Waals surface area contributed by atoms with Gasteiger partial charge in [0, 0.05) is 13.6 Å². The highest BCUT2D eigenvalue weighted by Gasteiger charge is 1.94. The Morgan fingerprint density at radius 2 is 1.25 bits per heavy atom. The summed E-state index contributed by atoms with van der Waals surface area (Å²) in [7, 11) is 1.85. The molecule has 0 heterocycles. The van der Waals surface area contributed by atoms with Gasteiger partial charge in [-0.1, -0.05) is 64.7 Å². The highest BCUT2D eigenvalue weighted by Crippen LogP contribution is 2.10. The lowest BCUT2D eigenvalue weighted by Gasteiger charge is -2.07. The predicted octanol–water partition coefficient (Wildman–Crippen LogP) is 4.32. The number of nitriles is 1. The Labute approximate surface area is 102 Å². The molecule has 0 aromatic rings. The number of unbranched alkanes of at least 4 members (excludes halogenated alkanes) is 9. The third-order valence-corrected chi connectivity index (χ3v) is 3.02. The zero-order chi connectivity index (χ0) is 12.1. The first kappa shape index (κ1) is 15.3. The first-order valence-corrected chi connectivity index (χ1v) is 6.92. The number of nitrogens with zero attached hydrogens (tertiary/aromatic N) is 2. The molecule has 0 fully saturated rings. The number of hydrogen-bond acceptors (Lipinski definition) is 2. The Kier molecular flexibility index (Phi) is 11.8. The van der Waals surface area contributed by atoms with Crippen molar-refractivity contribution in [1.82, 2.24) is 4.90 Å². The fraction of sp³-hybridized carbons (Fsp3) is 0.929.